The van der Waals surface area contributed by atoms with Crippen LogP contribution in [0.5, 0.6) is 0 Å². The number of halogens is 8. The molecule has 3 atom stereocenters. The van der Waals surface area contributed by atoms with E-state index in [9.17, 15) is 54.9 Å². The molecule has 8 nitrogen and oxygen atoms in total. The van der Waals surface area contributed by atoms with Gasteiger partial charge in [-0.25, -0.2) is 18.2 Å². The summed E-state index contributed by atoms with van der Waals surface area (Å²) in [5.41, 5.74) is -3.84. The van der Waals surface area contributed by atoms with Crippen LogP contribution in [0.25, 0.3) is 16.7 Å². The highest BCUT2D eigenvalue weighted by Crippen LogP contribution is 2.39. The minimum atomic E-state index is -6.04. The number of carbonyl (C=O) groups is 1. The Morgan fingerprint density at radius 2 is 1.65 bits per heavy atom. The van der Waals surface area contributed by atoms with Crippen molar-refractivity contribution in [1.29, 1.82) is 0 Å². The van der Waals surface area contributed by atoms with Gasteiger partial charge in [-0.1, -0.05) is 6.92 Å². The lowest BCUT2D eigenvalue weighted by molar-refractivity contribution is -0.292. The molecule has 1 aromatic carbocycles. The molecule has 2 aromatic heterocycles. The molecule has 0 spiro atoms. The molecule has 1 unspecified atom stereocenters. The quantitative estimate of drug-likeness (QED) is 0.387. The average Bonchev–Trinajstić information content (AvgIpc) is 3.20. The first-order chi connectivity index (χ1) is 18.6. The zero-order chi connectivity index (χ0) is 29.7. The minimum Gasteiger partial charge on any atom is -0.389 e. The third kappa shape index (κ3) is 5.08. The van der Waals surface area contributed by atoms with Crippen molar-refractivity contribution in [3.05, 3.63) is 63.7 Å². The first kappa shape index (κ1) is 29.2. The van der Waals surface area contributed by atoms with E-state index < -0.39 is 87.8 Å². The number of β-amino-alcohol motifs (C(OH)–C–C–N with tert-alkyl or cyclic N) is 2. The number of benzene rings is 1. The van der Waals surface area contributed by atoms with Crippen LogP contribution in [0.3, 0.4) is 0 Å². The number of aromatic nitrogens is 2. The summed E-state index contributed by atoms with van der Waals surface area (Å²) < 4.78 is 110. The molecule has 1 aliphatic heterocycles. The van der Waals surface area contributed by atoms with E-state index in [0.29, 0.717) is 10.8 Å². The van der Waals surface area contributed by atoms with E-state index in [1.54, 1.807) is 0 Å². The van der Waals surface area contributed by atoms with Crippen molar-refractivity contribution in [2.75, 3.05) is 18.0 Å². The van der Waals surface area contributed by atoms with E-state index in [0.717, 1.165) is 13.0 Å². The van der Waals surface area contributed by atoms with Gasteiger partial charge in [0, 0.05) is 31.4 Å². The smallest absolute Gasteiger partial charge is 0.389 e. The van der Waals surface area contributed by atoms with Gasteiger partial charge in [-0.05, 0) is 18.6 Å². The van der Waals surface area contributed by atoms with Gasteiger partial charge in [0.2, 0.25) is 5.43 Å². The molecule has 1 saturated heterocycles. The van der Waals surface area contributed by atoms with E-state index in [1.165, 1.54) is 16.3 Å². The molecular weight excluding hydrogens is 560 g/mol. The summed E-state index contributed by atoms with van der Waals surface area (Å²) >= 11 is 0. The van der Waals surface area contributed by atoms with Crippen LogP contribution in [-0.4, -0.2) is 69.1 Å². The van der Waals surface area contributed by atoms with Gasteiger partial charge < -0.3 is 20.4 Å². The lowest BCUT2D eigenvalue weighted by Gasteiger charge is -2.28. The number of nitrogens with one attached hydrogen (secondary N) is 1. The first-order valence-corrected chi connectivity index (χ1v) is 11.6. The van der Waals surface area contributed by atoms with Crippen LogP contribution in [0.1, 0.15) is 23.7 Å². The van der Waals surface area contributed by atoms with Crippen molar-refractivity contribution in [2.24, 2.45) is 0 Å². The third-order valence-corrected chi connectivity index (χ3v) is 6.42. The number of amides is 1. The molecule has 0 radical (unpaired) electrons. The topological polar surface area (TPSA) is 108 Å². The Morgan fingerprint density at radius 1 is 1.07 bits per heavy atom. The molecule has 0 saturated carbocycles. The number of rotatable bonds is 6. The van der Waals surface area contributed by atoms with Crippen LogP contribution in [0, 0.1) is 17.5 Å². The van der Waals surface area contributed by atoms with E-state index in [1.807, 2.05) is 0 Å². The third-order valence-electron chi connectivity index (χ3n) is 6.42. The number of aliphatic hydroxyl groups excluding tert-OH is 2. The number of anilines is 1. The fraction of sp³-hybridized carbons (Fsp3) is 0.375. The highest BCUT2D eigenvalue weighted by Gasteiger charge is 2.62. The van der Waals surface area contributed by atoms with Crippen molar-refractivity contribution >= 4 is 22.8 Å². The molecule has 40 heavy (non-hydrogen) atoms. The second-order valence-electron chi connectivity index (χ2n) is 9.10. The fourth-order valence-corrected chi connectivity index (χ4v) is 4.31. The number of hydrogen-bond acceptors (Lipinski definition) is 6. The standard InChI is InChI=1S/C24H20F8N4O4/c1-2-17(23(28,29)24(30,31)32)33-22(40)12-7-36(19-13(26)5-10(25)6-14(19)27)21-11(20(12)39)3-4-18(34-21)35-8-15(37)16(38)9-35/h3-7,15-17,37-38H,2,8-9H2,1H3,(H,33,40)/t15-,16-,17?/m1/s1. The second-order valence-corrected chi connectivity index (χ2v) is 9.10. The molecule has 3 N–H and O–H groups in total. The number of alkyl halides is 5. The predicted octanol–water partition coefficient (Wildman–Crippen LogP) is 3.05. The van der Waals surface area contributed by atoms with Crippen LogP contribution < -0.4 is 15.6 Å². The van der Waals surface area contributed by atoms with Gasteiger partial charge in [0.15, 0.2) is 17.3 Å². The fourth-order valence-electron chi connectivity index (χ4n) is 4.31. The van der Waals surface area contributed by atoms with Gasteiger partial charge in [0.1, 0.15) is 28.9 Å². The Balaban J connectivity index is 1.91. The van der Waals surface area contributed by atoms with Gasteiger partial charge in [-0.15, -0.1) is 0 Å². The number of nitrogens with zero attached hydrogens (tertiary/aromatic N) is 3. The number of pyridine rings is 2. The van der Waals surface area contributed by atoms with Crippen molar-refractivity contribution < 1.29 is 50.1 Å². The average molecular weight is 580 g/mol. The van der Waals surface area contributed by atoms with Gasteiger partial charge in [0.25, 0.3) is 5.91 Å². The largest absolute Gasteiger partial charge is 0.455 e. The molecule has 16 heteroatoms. The van der Waals surface area contributed by atoms with Crippen molar-refractivity contribution in [3.63, 3.8) is 0 Å². The number of hydrogen-bond donors (Lipinski definition) is 3. The summed E-state index contributed by atoms with van der Waals surface area (Å²) in [7, 11) is 0. The maximum absolute atomic E-state index is 14.8. The minimum absolute atomic E-state index is 0.00671. The molecule has 1 fully saturated rings. The van der Waals surface area contributed by atoms with Gasteiger partial charge in [-0.2, -0.15) is 22.0 Å². The Hall–Kier alpha value is -3.79. The summed E-state index contributed by atoms with van der Waals surface area (Å²) in [5, 5.41) is 20.6. The van der Waals surface area contributed by atoms with Crippen LogP contribution in [0.4, 0.5) is 40.9 Å². The van der Waals surface area contributed by atoms with E-state index in [2.05, 4.69) is 4.98 Å². The highest BCUT2D eigenvalue weighted by molar-refractivity contribution is 5.97. The Labute approximate surface area is 219 Å². The zero-order valence-electron chi connectivity index (χ0n) is 20.3. The molecule has 216 valence electrons. The molecule has 4 rings (SSSR count). The second kappa shape index (κ2) is 10.3. The van der Waals surface area contributed by atoms with Crippen molar-refractivity contribution in [1.82, 2.24) is 14.9 Å². The van der Waals surface area contributed by atoms with Crippen LogP contribution in [0.2, 0.25) is 0 Å². The Bertz CT molecular complexity index is 1490. The molecule has 3 heterocycles. The molecule has 1 amide bonds. The lowest BCUT2D eigenvalue weighted by atomic mass is 10.1. The summed E-state index contributed by atoms with van der Waals surface area (Å²) in [6.45, 7) is 0.704. The van der Waals surface area contributed by atoms with E-state index in [4.69, 9.17) is 0 Å². The van der Waals surface area contributed by atoms with Gasteiger partial charge in [-0.3, -0.25) is 14.2 Å². The normalized spacial score (nSPS) is 18.8. The number of fused-ring (bicyclic) bond motifs is 1. The maximum atomic E-state index is 14.8. The van der Waals surface area contributed by atoms with Gasteiger partial charge >= 0.3 is 12.1 Å². The first-order valence-electron chi connectivity index (χ1n) is 11.6. The summed E-state index contributed by atoms with van der Waals surface area (Å²) in [6, 6.07) is -0.00126. The number of carbonyl (C=O) groups excluding carboxylic acids is 1. The molecule has 0 aliphatic carbocycles. The molecule has 1 aliphatic rings. The molecular formula is C24H20F8N4O4. The summed E-state index contributed by atoms with van der Waals surface area (Å²) in [6.07, 6.45) is -8.79. The van der Waals surface area contributed by atoms with Crippen molar-refractivity contribution in [2.45, 2.75) is 43.7 Å². The van der Waals surface area contributed by atoms with E-state index in [-0.39, 0.29) is 31.0 Å². The SMILES string of the molecule is CCC(NC(=O)c1cn(-c2c(F)cc(F)cc2F)c2nc(N3C[C@@H](O)[C@H](O)C3)ccc2c1=O)C(F)(F)C(F)(F)F. The maximum Gasteiger partial charge on any atom is 0.455 e. The van der Waals surface area contributed by atoms with E-state index >= 15 is 0 Å². The van der Waals surface area contributed by atoms with Crippen molar-refractivity contribution in [3.8, 4) is 5.69 Å². The monoisotopic (exact) mass is 580 g/mol. The van der Waals surface area contributed by atoms with Gasteiger partial charge in [0.05, 0.1) is 17.6 Å². The molecule has 3 aromatic rings. The Kier molecular flexibility index (Phi) is 7.53. The number of aliphatic hydroxyl groups is 2. The lowest BCUT2D eigenvalue weighted by Crippen LogP contribution is -2.55. The Morgan fingerprint density at radius 3 is 2.17 bits per heavy atom. The van der Waals surface area contributed by atoms with Crippen LogP contribution >= 0.6 is 0 Å². The zero-order valence-corrected chi connectivity index (χ0v) is 20.3. The molecule has 0 bridgehead atoms. The highest BCUT2D eigenvalue weighted by atomic mass is 19.4. The predicted molar refractivity (Wildman–Crippen MR) is 124 cm³/mol. The summed E-state index contributed by atoms with van der Waals surface area (Å²) in [4.78, 5) is 31.5. The summed E-state index contributed by atoms with van der Waals surface area (Å²) in [5.74, 6) is -11.5. The van der Waals surface area contributed by atoms with Crippen LogP contribution in [-0.2, 0) is 0 Å². The van der Waals surface area contributed by atoms with Crippen LogP contribution in [0.15, 0.2) is 35.3 Å².